The molecule has 1 aromatic heterocycles. The molecule has 2 aromatic carbocycles. The molecular weight excluding hydrogens is 381 g/mol. The first-order valence-electron chi connectivity index (χ1n) is 8.43. The fraction of sp³-hybridized carbons (Fsp3) is 0.0909. The van der Waals surface area contributed by atoms with E-state index in [1.165, 1.54) is 0 Å². The summed E-state index contributed by atoms with van der Waals surface area (Å²) in [5.41, 5.74) is 4.56. The maximum Gasteiger partial charge on any atom is 0.197 e. The van der Waals surface area contributed by atoms with Crippen LogP contribution in [0.1, 0.15) is 37.7 Å². The highest BCUT2D eigenvalue weighted by Crippen LogP contribution is 2.32. The zero-order chi connectivity index (χ0) is 19.3. The Hall–Kier alpha value is -2.62. The monoisotopic (exact) mass is 395 g/mol. The third kappa shape index (κ3) is 2.84. The van der Waals surface area contributed by atoms with Gasteiger partial charge in [0.1, 0.15) is 0 Å². The highest BCUT2D eigenvalue weighted by atomic mass is 35.5. The average molecular weight is 396 g/mol. The van der Waals surface area contributed by atoms with Gasteiger partial charge in [0.15, 0.2) is 11.6 Å². The first kappa shape index (κ1) is 17.8. The van der Waals surface area contributed by atoms with Gasteiger partial charge in [-0.1, -0.05) is 47.5 Å². The van der Waals surface area contributed by atoms with Crippen LogP contribution >= 0.6 is 23.2 Å². The SMILES string of the molecule is Cc1cc(C=C2C(=O)c3ccccc3C2=O)c(C)n1-c1ccc(Cl)cc1Cl. The van der Waals surface area contributed by atoms with E-state index in [1.54, 1.807) is 42.5 Å². The van der Waals surface area contributed by atoms with E-state index in [2.05, 4.69) is 0 Å². The Morgan fingerprint density at radius 3 is 2.11 bits per heavy atom. The number of carbonyl (C=O) groups is 2. The molecule has 3 nitrogen and oxygen atoms in total. The van der Waals surface area contributed by atoms with Gasteiger partial charge in [-0.05, 0) is 49.8 Å². The Bertz CT molecular complexity index is 1120. The minimum Gasteiger partial charge on any atom is -0.316 e. The molecule has 27 heavy (non-hydrogen) atoms. The standard InChI is InChI=1S/C22H15Cl2NO2/c1-12-9-14(13(2)25(12)20-8-7-15(23)11-19(20)24)10-18-21(26)16-5-3-4-6-17(16)22(18)27/h3-11H,1-2H3. The van der Waals surface area contributed by atoms with Crippen molar-refractivity contribution in [1.82, 2.24) is 4.57 Å². The Labute approximate surface area is 166 Å². The predicted molar refractivity (Wildman–Crippen MR) is 108 cm³/mol. The molecule has 0 unspecified atom stereocenters. The lowest BCUT2D eigenvalue weighted by Gasteiger charge is -2.12. The number of halogens is 2. The van der Waals surface area contributed by atoms with Crippen molar-refractivity contribution >= 4 is 40.8 Å². The second kappa shape index (κ2) is 6.52. The predicted octanol–water partition coefficient (Wildman–Crippen LogP) is 5.86. The van der Waals surface area contributed by atoms with Gasteiger partial charge in [-0.25, -0.2) is 0 Å². The Kier molecular flexibility index (Phi) is 4.29. The van der Waals surface area contributed by atoms with Crippen molar-refractivity contribution in [3.8, 4) is 5.69 Å². The van der Waals surface area contributed by atoms with E-state index in [-0.39, 0.29) is 17.1 Å². The summed E-state index contributed by atoms with van der Waals surface area (Å²) in [7, 11) is 0. The van der Waals surface area contributed by atoms with Crippen LogP contribution in [0.4, 0.5) is 0 Å². The molecule has 1 aliphatic carbocycles. The summed E-state index contributed by atoms with van der Waals surface area (Å²) in [6, 6.07) is 14.2. The molecule has 0 atom stereocenters. The lowest BCUT2D eigenvalue weighted by atomic mass is 10.1. The van der Waals surface area contributed by atoms with Crippen molar-refractivity contribution in [1.29, 1.82) is 0 Å². The minimum absolute atomic E-state index is 0.193. The molecule has 1 aliphatic rings. The minimum atomic E-state index is -0.232. The second-order valence-corrected chi connectivity index (χ2v) is 7.36. The molecule has 0 saturated heterocycles. The molecule has 0 aliphatic heterocycles. The lowest BCUT2D eigenvalue weighted by Crippen LogP contribution is -2.02. The molecule has 4 rings (SSSR count). The van der Waals surface area contributed by atoms with Crippen molar-refractivity contribution < 1.29 is 9.59 Å². The van der Waals surface area contributed by atoms with Crippen molar-refractivity contribution in [3.05, 3.63) is 92.2 Å². The zero-order valence-corrected chi connectivity index (χ0v) is 16.2. The van der Waals surface area contributed by atoms with Gasteiger partial charge in [0, 0.05) is 27.5 Å². The Morgan fingerprint density at radius 2 is 1.52 bits per heavy atom. The number of benzene rings is 2. The normalized spacial score (nSPS) is 13.3. The summed E-state index contributed by atoms with van der Waals surface area (Å²) in [5.74, 6) is -0.463. The number of aryl methyl sites for hydroxylation is 1. The van der Waals surface area contributed by atoms with Gasteiger partial charge < -0.3 is 4.57 Å². The number of carbonyl (C=O) groups excluding carboxylic acids is 2. The molecule has 0 amide bonds. The van der Waals surface area contributed by atoms with Crippen LogP contribution in [0.15, 0.2) is 54.1 Å². The molecule has 0 N–H and O–H groups in total. The van der Waals surface area contributed by atoms with Gasteiger partial charge in [-0.3, -0.25) is 9.59 Å². The van der Waals surface area contributed by atoms with Crippen LogP contribution in [-0.2, 0) is 0 Å². The smallest absolute Gasteiger partial charge is 0.197 e. The number of hydrogen-bond donors (Lipinski definition) is 0. The number of aromatic nitrogens is 1. The van der Waals surface area contributed by atoms with Gasteiger partial charge in [0.05, 0.1) is 16.3 Å². The quantitative estimate of drug-likeness (QED) is 0.402. The summed E-state index contributed by atoms with van der Waals surface area (Å²) in [5, 5.41) is 1.09. The molecule has 0 radical (unpaired) electrons. The van der Waals surface area contributed by atoms with Gasteiger partial charge in [-0.15, -0.1) is 0 Å². The molecular formula is C22H15Cl2NO2. The van der Waals surface area contributed by atoms with Crippen molar-refractivity contribution in [2.24, 2.45) is 0 Å². The van der Waals surface area contributed by atoms with E-state index in [1.807, 2.05) is 30.5 Å². The number of nitrogens with zero attached hydrogens (tertiary/aromatic N) is 1. The first-order valence-corrected chi connectivity index (χ1v) is 9.18. The van der Waals surface area contributed by atoms with Crippen LogP contribution in [0.25, 0.3) is 11.8 Å². The van der Waals surface area contributed by atoms with Crippen LogP contribution < -0.4 is 0 Å². The molecule has 3 aromatic rings. The van der Waals surface area contributed by atoms with E-state index in [4.69, 9.17) is 23.2 Å². The van der Waals surface area contributed by atoms with E-state index in [9.17, 15) is 9.59 Å². The summed E-state index contributed by atoms with van der Waals surface area (Å²) >= 11 is 12.4. The van der Waals surface area contributed by atoms with Crippen molar-refractivity contribution in [2.45, 2.75) is 13.8 Å². The number of Topliss-reactive ketones (excluding diaryl/α,β-unsaturated/α-hetero) is 2. The van der Waals surface area contributed by atoms with Gasteiger partial charge >= 0.3 is 0 Å². The molecule has 0 spiro atoms. The average Bonchev–Trinajstić information content (AvgIpc) is 3.05. The van der Waals surface area contributed by atoms with Crippen LogP contribution in [-0.4, -0.2) is 16.1 Å². The maximum atomic E-state index is 12.6. The van der Waals surface area contributed by atoms with Gasteiger partial charge in [0.25, 0.3) is 0 Å². The van der Waals surface area contributed by atoms with Crippen LogP contribution in [0.2, 0.25) is 10.0 Å². The third-order valence-corrected chi connectivity index (χ3v) is 5.36. The fourth-order valence-corrected chi connectivity index (χ4v) is 4.02. The topological polar surface area (TPSA) is 39.1 Å². The van der Waals surface area contributed by atoms with Crippen LogP contribution in [0, 0.1) is 13.8 Å². The van der Waals surface area contributed by atoms with Crippen molar-refractivity contribution in [2.75, 3.05) is 0 Å². The molecule has 0 fully saturated rings. The number of ketones is 2. The molecule has 0 bridgehead atoms. The number of allylic oxidation sites excluding steroid dienone is 1. The number of fused-ring (bicyclic) bond motifs is 1. The molecule has 0 saturated carbocycles. The zero-order valence-electron chi connectivity index (χ0n) is 14.7. The number of hydrogen-bond acceptors (Lipinski definition) is 2. The largest absolute Gasteiger partial charge is 0.316 e. The summed E-state index contributed by atoms with van der Waals surface area (Å²) < 4.78 is 1.99. The Balaban J connectivity index is 1.83. The maximum absolute atomic E-state index is 12.6. The lowest BCUT2D eigenvalue weighted by molar-refractivity contribution is 0.0990. The molecule has 5 heteroatoms. The number of rotatable bonds is 2. The van der Waals surface area contributed by atoms with E-state index >= 15 is 0 Å². The molecule has 1 heterocycles. The highest BCUT2D eigenvalue weighted by molar-refractivity contribution is 6.41. The van der Waals surface area contributed by atoms with Crippen LogP contribution in [0.5, 0.6) is 0 Å². The van der Waals surface area contributed by atoms with E-state index < -0.39 is 0 Å². The van der Waals surface area contributed by atoms with Gasteiger partial charge in [-0.2, -0.15) is 0 Å². The fourth-order valence-electron chi connectivity index (χ4n) is 3.53. The second-order valence-electron chi connectivity index (χ2n) is 6.52. The van der Waals surface area contributed by atoms with Gasteiger partial charge in [0.2, 0.25) is 0 Å². The van der Waals surface area contributed by atoms with Crippen LogP contribution in [0.3, 0.4) is 0 Å². The van der Waals surface area contributed by atoms with E-state index in [0.717, 1.165) is 22.6 Å². The summed E-state index contributed by atoms with van der Waals surface area (Å²) in [4.78, 5) is 25.3. The van der Waals surface area contributed by atoms with Crippen molar-refractivity contribution in [3.63, 3.8) is 0 Å². The molecule has 134 valence electrons. The Morgan fingerprint density at radius 1 is 0.889 bits per heavy atom. The third-order valence-electron chi connectivity index (χ3n) is 4.83. The summed E-state index contributed by atoms with van der Waals surface area (Å²) in [6.07, 6.45) is 1.67. The van der Waals surface area contributed by atoms with E-state index in [0.29, 0.717) is 21.2 Å². The highest BCUT2D eigenvalue weighted by Gasteiger charge is 2.32. The first-order chi connectivity index (χ1) is 12.9. The summed E-state index contributed by atoms with van der Waals surface area (Å²) in [6.45, 7) is 3.88.